The van der Waals surface area contributed by atoms with Crippen molar-refractivity contribution in [3.05, 3.63) is 18.2 Å². The molecule has 0 spiro atoms. The van der Waals surface area contributed by atoms with Crippen LogP contribution in [-0.2, 0) is 10.2 Å². The fourth-order valence-corrected chi connectivity index (χ4v) is 1.93. The molecule has 100 valence electrons. The van der Waals surface area contributed by atoms with E-state index in [9.17, 15) is 4.79 Å². The van der Waals surface area contributed by atoms with Gasteiger partial charge in [-0.05, 0) is 5.75 Å². The average molecular weight is 267 g/mol. The SMILES string of the molecule is CCSCCC(=O)Nc1cnc(C(C)(C)C)nc1. The minimum atomic E-state index is -0.0691. The van der Waals surface area contributed by atoms with Crippen LogP contribution in [0, 0.1) is 0 Å². The molecule has 0 atom stereocenters. The number of amides is 1. The first kappa shape index (κ1) is 15.0. The summed E-state index contributed by atoms with van der Waals surface area (Å²) in [5.41, 5.74) is 0.592. The van der Waals surface area contributed by atoms with Crippen molar-refractivity contribution < 1.29 is 4.79 Å². The maximum Gasteiger partial charge on any atom is 0.225 e. The van der Waals surface area contributed by atoms with Crippen molar-refractivity contribution in [1.29, 1.82) is 0 Å². The summed E-state index contributed by atoms with van der Waals surface area (Å²) in [5, 5.41) is 2.80. The highest BCUT2D eigenvalue weighted by Gasteiger charge is 2.16. The smallest absolute Gasteiger partial charge is 0.225 e. The second kappa shape index (κ2) is 6.73. The molecule has 5 heteroatoms. The monoisotopic (exact) mass is 267 g/mol. The summed E-state index contributed by atoms with van der Waals surface area (Å²) < 4.78 is 0. The maximum atomic E-state index is 11.6. The zero-order valence-electron chi connectivity index (χ0n) is 11.5. The van der Waals surface area contributed by atoms with Crippen molar-refractivity contribution in [2.45, 2.75) is 39.5 Å². The Hall–Kier alpha value is -1.10. The van der Waals surface area contributed by atoms with Gasteiger partial charge in [-0.2, -0.15) is 11.8 Å². The van der Waals surface area contributed by atoms with Crippen LogP contribution in [0.15, 0.2) is 12.4 Å². The molecule has 0 aliphatic carbocycles. The van der Waals surface area contributed by atoms with E-state index >= 15 is 0 Å². The summed E-state index contributed by atoms with van der Waals surface area (Å²) in [6, 6.07) is 0. The van der Waals surface area contributed by atoms with E-state index in [-0.39, 0.29) is 11.3 Å². The molecule has 0 unspecified atom stereocenters. The molecule has 1 aromatic heterocycles. The fourth-order valence-electron chi connectivity index (χ4n) is 1.31. The summed E-state index contributed by atoms with van der Waals surface area (Å²) in [4.78, 5) is 20.1. The summed E-state index contributed by atoms with van der Waals surface area (Å²) in [5.74, 6) is 2.69. The van der Waals surface area contributed by atoms with Crippen LogP contribution in [0.3, 0.4) is 0 Å². The maximum absolute atomic E-state index is 11.6. The first-order valence-corrected chi connectivity index (χ1v) is 7.29. The summed E-state index contributed by atoms with van der Waals surface area (Å²) in [6.07, 6.45) is 3.86. The van der Waals surface area contributed by atoms with Crippen molar-refractivity contribution in [2.75, 3.05) is 16.8 Å². The predicted octanol–water partition coefficient (Wildman–Crippen LogP) is 2.86. The lowest BCUT2D eigenvalue weighted by Crippen LogP contribution is -2.17. The van der Waals surface area contributed by atoms with Gasteiger partial charge in [-0.1, -0.05) is 27.7 Å². The van der Waals surface area contributed by atoms with E-state index in [4.69, 9.17) is 0 Å². The standard InChI is InChI=1S/C13H21N3OS/c1-5-18-7-6-11(17)16-10-8-14-12(15-9-10)13(2,3)4/h8-9H,5-7H2,1-4H3,(H,16,17). The minimum absolute atomic E-state index is 0.0167. The second-order valence-electron chi connectivity index (χ2n) is 5.04. The average Bonchev–Trinajstić information content (AvgIpc) is 2.29. The molecule has 18 heavy (non-hydrogen) atoms. The molecule has 0 fully saturated rings. The van der Waals surface area contributed by atoms with Crippen LogP contribution >= 0.6 is 11.8 Å². The number of nitrogens with one attached hydrogen (secondary N) is 1. The summed E-state index contributed by atoms with van der Waals surface area (Å²) in [6.45, 7) is 8.26. The van der Waals surface area contributed by atoms with Crippen molar-refractivity contribution in [3.63, 3.8) is 0 Å². The van der Waals surface area contributed by atoms with Crippen LogP contribution in [-0.4, -0.2) is 27.4 Å². The molecule has 4 nitrogen and oxygen atoms in total. The highest BCUT2D eigenvalue weighted by atomic mass is 32.2. The van der Waals surface area contributed by atoms with Gasteiger partial charge in [0.05, 0.1) is 18.1 Å². The molecule has 1 heterocycles. The molecule has 1 aromatic rings. The minimum Gasteiger partial charge on any atom is -0.323 e. The fraction of sp³-hybridized carbons (Fsp3) is 0.615. The molecule has 1 amide bonds. The van der Waals surface area contributed by atoms with Crippen LogP contribution < -0.4 is 5.32 Å². The Morgan fingerprint density at radius 3 is 2.44 bits per heavy atom. The van der Waals surface area contributed by atoms with Gasteiger partial charge in [0.15, 0.2) is 0 Å². The first-order valence-electron chi connectivity index (χ1n) is 6.13. The van der Waals surface area contributed by atoms with Crippen molar-refractivity contribution in [3.8, 4) is 0 Å². The summed E-state index contributed by atoms with van der Waals surface area (Å²) in [7, 11) is 0. The van der Waals surface area contributed by atoms with E-state index in [1.165, 1.54) is 0 Å². The van der Waals surface area contributed by atoms with Crippen LogP contribution in [0.5, 0.6) is 0 Å². The molecule has 1 N–H and O–H groups in total. The molecule has 0 aliphatic heterocycles. The second-order valence-corrected chi connectivity index (χ2v) is 6.43. The van der Waals surface area contributed by atoms with Crippen LogP contribution in [0.1, 0.15) is 39.9 Å². The molecule has 0 saturated carbocycles. The largest absolute Gasteiger partial charge is 0.323 e. The van der Waals surface area contributed by atoms with Gasteiger partial charge >= 0.3 is 0 Å². The van der Waals surface area contributed by atoms with Crippen molar-refractivity contribution in [2.24, 2.45) is 0 Å². The number of aromatic nitrogens is 2. The zero-order valence-corrected chi connectivity index (χ0v) is 12.3. The molecular weight excluding hydrogens is 246 g/mol. The Balaban J connectivity index is 2.51. The van der Waals surface area contributed by atoms with Gasteiger partial charge < -0.3 is 5.32 Å². The highest BCUT2D eigenvalue weighted by molar-refractivity contribution is 7.99. The van der Waals surface area contributed by atoms with Gasteiger partial charge in [-0.25, -0.2) is 9.97 Å². The van der Waals surface area contributed by atoms with E-state index in [0.29, 0.717) is 12.1 Å². The third-order valence-corrected chi connectivity index (χ3v) is 3.19. The van der Waals surface area contributed by atoms with E-state index in [2.05, 4.69) is 43.0 Å². The number of carbonyl (C=O) groups is 1. The van der Waals surface area contributed by atoms with Gasteiger partial charge in [0, 0.05) is 17.6 Å². The third-order valence-electron chi connectivity index (χ3n) is 2.28. The van der Waals surface area contributed by atoms with Crippen LogP contribution in [0.4, 0.5) is 5.69 Å². The Morgan fingerprint density at radius 2 is 1.94 bits per heavy atom. The Kier molecular flexibility index (Phi) is 5.59. The summed E-state index contributed by atoms with van der Waals surface area (Å²) >= 11 is 1.76. The lowest BCUT2D eigenvalue weighted by molar-refractivity contribution is -0.115. The molecule has 0 saturated heterocycles. The number of hydrogen-bond donors (Lipinski definition) is 1. The molecular formula is C13H21N3OS. The molecule has 0 aromatic carbocycles. The predicted molar refractivity (Wildman–Crippen MR) is 77.0 cm³/mol. The van der Waals surface area contributed by atoms with E-state index in [1.807, 2.05) is 0 Å². The number of rotatable bonds is 5. The van der Waals surface area contributed by atoms with E-state index in [0.717, 1.165) is 17.3 Å². The number of hydrogen-bond acceptors (Lipinski definition) is 4. The molecule has 0 aliphatic rings. The van der Waals surface area contributed by atoms with Crippen molar-refractivity contribution >= 4 is 23.4 Å². The van der Waals surface area contributed by atoms with Crippen molar-refractivity contribution in [1.82, 2.24) is 9.97 Å². The number of anilines is 1. The number of nitrogens with zero attached hydrogens (tertiary/aromatic N) is 2. The molecule has 0 bridgehead atoms. The Bertz CT molecular complexity index is 384. The van der Waals surface area contributed by atoms with Gasteiger partial charge in [0.25, 0.3) is 0 Å². The first-order chi connectivity index (χ1) is 8.43. The quantitative estimate of drug-likeness (QED) is 0.833. The molecule has 0 radical (unpaired) electrons. The topological polar surface area (TPSA) is 54.9 Å². The van der Waals surface area contributed by atoms with Gasteiger partial charge in [-0.15, -0.1) is 0 Å². The molecule has 1 rings (SSSR count). The normalized spacial score (nSPS) is 11.3. The number of thioether (sulfide) groups is 1. The third kappa shape index (κ3) is 5.04. The lowest BCUT2D eigenvalue weighted by atomic mass is 9.96. The Morgan fingerprint density at radius 1 is 1.33 bits per heavy atom. The highest BCUT2D eigenvalue weighted by Crippen LogP contribution is 2.18. The Labute approximate surface area is 113 Å². The lowest BCUT2D eigenvalue weighted by Gasteiger charge is -2.16. The van der Waals surface area contributed by atoms with Gasteiger partial charge in [0.2, 0.25) is 5.91 Å². The van der Waals surface area contributed by atoms with Gasteiger partial charge in [0.1, 0.15) is 5.82 Å². The van der Waals surface area contributed by atoms with E-state index < -0.39 is 0 Å². The number of carbonyl (C=O) groups excluding carboxylic acids is 1. The van der Waals surface area contributed by atoms with Gasteiger partial charge in [-0.3, -0.25) is 4.79 Å². The zero-order chi connectivity index (χ0) is 13.6. The van der Waals surface area contributed by atoms with Crippen LogP contribution in [0.2, 0.25) is 0 Å². The van der Waals surface area contributed by atoms with Crippen LogP contribution in [0.25, 0.3) is 0 Å². The van der Waals surface area contributed by atoms with E-state index in [1.54, 1.807) is 24.2 Å².